The number of carbonyl (C=O) groups excluding carboxylic acids is 2. The van der Waals surface area contributed by atoms with E-state index in [1.54, 1.807) is 24.3 Å². The van der Waals surface area contributed by atoms with E-state index >= 15 is 0 Å². The van der Waals surface area contributed by atoms with Crippen molar-refractivity contribution in [1.29, 1.82) is 0 Å². The van der Waals surface area contributed by atoms with E-state index in [-0.39, 0.29) is 28.7 Å². The van der Waals surface area contributed by atoms with Crippen molar-refractivity contribution in [2.75, 3.05) is 20.8 Å². The summed E-state index contributed by atoms with van der Waals surface area (Å²) in [6, 6.07) is 13.2. The predicted octanol–water partition coefficient (Wildman–Crippen LogP) is 3.61. The Kier molecular flexibility index (Phi) is 11.5. The van der Waals surface area contributed by atoms with Crippen molar-refractivity contribution in [1.82, 2.24) is 5.32 Å². The molecule has 0 bridgehead atoms. The van der Waals surface area contributed by atoms with E-state index in [1.807, 2.05) is 38.1 Å². The molecule has 0 aromatic heterocycles. The van der Waals surface area contributed by atoms with E-state index in [1.165, 1.54) is 21.1 Å². The molecule has 1 N–H and O–H groups in total. The van der Waals surface area contributed by atoms with Gasteiger partial charge in [0.15, 0.2) is 12.2 Å². The van der Waals surface area contributed by atoms with Gasteiger partial charge in [-0.1, -0.05) is 35.4 Å². The average molecular weight is 680 g/mol. The molecular weight excluding hydrogens is 647 g/mol. The lowest BCUT2D eigenvalue weighted by Crippen LogP contribution is -2.69. The fraction of sp³-hybridized carbons (Fsp3) is 0.433. The molecule has 0 spiro atoms. The van der Waals surface area contributed by atoms with Crippen LogP contribution in [0.3, 0.4) is 0 Å². The van der Waals surface area contributed by atoms with Gasteiger partial charge in [0.25, 0.3) is 5.79 Å². The van der Waals surface area contributed by atoms with E-state index in [0.29, 0.717) is 11.5 Å². The number of carbonyl (C=O) groups is 2. The molecule has 242 valence electrons. The summed E-state index contributed by atoms with van der Waals surface area (Å²) in [6.45, 7) is 5.09. The highest BCUT2D eigenvalue weighted by molar-refractivity contribution is 7.80. The summed E-state index contributed by atoms with van der Waals surface area (Å²) in [5.74, 6) is -2.55. The highest BCUT2D eigenvalue weighted by Gasteiger charge is 2.59. The smallest absolute Gasteiger partial charge is 0.366 e. The molecule has 12 nitrogen and oxygen atoms in total. The summed E-state index contributed by atoms with van der Waals surface area (Å²) in [6.07, 6.45) is -4.77. The first-order chi connectivity index (χ1) is 21.4. The van der Waals surface area contributed by atoms with Gasteiger partial charge in [-0.25, -0.2) is 4.79 Å². The molecule has 0 radical (unpaired) electrons. The molecule has 45 heavy (non-hydrogen) atoms. The molecule has 0 unspecified atom stereocenters. The van der Waals surface area contributed by atoms with Crippen LogP contribution in [0.1, 0.15) is 24.5 Å². The minimum atomic E-state index is -2.04. The lowest BCUT2D eigenvalue weighted by atomic mass is 9.88. The molecule has 2 aliphatic heterocycles. The second-order valence-corrected chi connectivity index (χ2v) is 11.2. The van der Waals surface area contributed by atoms with Crippen molar-refractivity contribution >= 4 is 64.2 Å². The molecule has 2 saturated heterocycles. The van der Waals surface area contributed by atoms with Crippen molar-refractivity contribution in [3.05, 3.63) is 59.7 Å². The lowest BCUT2D eigenvalue weighted by molar-refractivity contribution is -0.301. The summed E-state index contributed by atoms with van der Waals surface area (Å²) in [5.41, 5.74) is 2.03. The maximum atomic E-state index is 13.2. The SMILES string of the molecule is COC(=O)[C@]1(OC)C[C@H](OC(=S)Oc2ccc(C)cc2)[C@@H](NC(C)=O)[C@H]([C@H](OC(=S)Oc2ccc(C)cc2)[C@H]2COC(=S)O2)O1. The third kappa shape index (κ3) is 8.76. The maximum Gasteiger partial charge on any atom is 0.366 e. The van der Waals surface area contributed by atoms with Gasteiger partial charge in [0.1, 0.15) is 30.3 Å². The van der Waals surface area contributed by atoms with Crippen molar-refractivity contribution in [2.24, 2.45) is 0 Å². The second-order valence-electron chi connectivity index (χ2n) is 10.2. The number of methoxy groups -OCH3 is 2. The van der Waals surface area contributed by atoms with Crippen LogP contribution in [0.5, 0.6) is 11.5 Å². The van der Waals surface area contributed by atoms with Crippen LogP contribution in [-0.2, 0) is 42.7 Å². The van der Waals surface area contributed by atoms with Crippen molar-refractivity contribution in [3.8, 4) is 11.5 Å². The van der Waals surface area contributed by atoms with E-state index < -0.39 is 48.1 Å². The van der Waals surface area contributed by atoms with Crippen molar-refractivity contribution < 1.29 is 52.2 Å². The molecule has 0 saturated carbocycles. The fourth-order valence-electron chi connectivity index (χ4n) is 4.79. The standard InChI is InChI=1S/C30H33NO11S3/c1-16-6-10-19(11-7-16)37-28(44)39-21-14-30(35-5,26(33)34-4)42-25(23(21)31-18(3)32)24(22-15-36-27(43)40-22)41-29(45)38-20-12-8-17(2)9-13-20/h6-13,21-25H,14-15H2,1-5H3,(H,31,32)/t21-,22+,23+,24+,25+,30-/m0/s1. The third-order valence-electron chi connectivity index (χ3n) is 6.97. The van der Waals surface area contributed by atoms with E-state index in [0.717, 1.165) is 11.1 Å². The van der Waals surface area contributed by atoms with Gasteiger partial charge >= 0.3 is 21.7 Å². The number of ether oxygens (including phenoxy) is 9. The zero-order chi connectivity index (χ0) is 32.7. The van der Waals surface area contributed by atoms with Crippen molar-refractivity contribution in [2.45, 2.75) is 63.4 Å². The Morgan fingerprint density at radius 2 is 1.53 bits per heavy atom. The molecule has 2 fully saturated rings. The monoisotopic (exact) mass is 679 g/mol. The van der Waals surface area contributed by atoms with Gasteiger partial charge in [-0.2, -0.15) is 0 Å². The summed E-state index contributed by atoms with van der Waals surface area (Å²) in [7, 11) is 2.43. The van der Waals surface area contributed by atoms with Crippen LogP contribution in [0.4, 0.5) is 0 Å². The normalized spacial score (nSPS) is 24.7. The first-order valence-electron chi connectivity index (χ1n) is 13.7. The molecule has 15 heteroatoms. The minimum Gasteiger partial charge on any atom is -0.465 e. The number of nitrogens with one attached hydrogen (secondary N) is 1. The van der Waals surface area contributed by atoms with Gasteiger partial charge < -0.3 is 47.9 Å². The van der Waals surface area contributed by atoms with Crippen LogP contribution < -0.4 is 14.8 Å². The summed E-state index contributed by atoms with van der Waals surface area (Å²) < 4.78 is 51.7. The van der Waals surface area contributed by atoms with Crippen LogP contribution in [0.2, 0.25) is 0 Å². The molecule has 4 rings (SSSR count). The number of benzene rings is 2. The number of aryl methyl sites for hydroxylation is 2. The minimum absolute atomic E-state index is 0.0675. The predicted molar refractivity (Wildman–Crippen MR) is 171 cm³/mol. The van der Waals surface area contributed by atoms with Crippen LogP contribution in [0, 0.1) is 13.8 Å². The Labute approximate surface area is 276 Å². The average Bonchev–Trinajstić information content (AvgIpc) is 3.44. The number of amides is 1. The highest BCUT2D eigenvalue weighted by Crippen LogP contribution is 2.37. The molecule has 0 aliphatic carbocycles. The van der Waals surface area contributed by atoms with Crippen LogP contribution >= 0.6 is 36.7 Å². The Morgan fingerprint density at radius 1 is 0.956 bits per heavy atom. The van der Waals surface area contributed by atoms with Crippen LogP contribution in [0.25, 0.3) is 0 Å². The number of thiocarbonyl (C=S) groups is 3. The van der Waals surface area contributed by atoms with E-state index in [4.69, 9.17) is 79.3 Å². The van der Waals surface area contributed by atoms with Gasteiger partial charge in [0.2, 0.25) is 5.91 Å². The molecule has 2 heterocycles. The van der Waals surface area contributed by atoms with Gasteiger partial charge in [-0.15, -0.1) is 0 Å². The highest BCUT2D eigenvalue weighted by atomic mass is 32.1. The molecule has 6 atom stereocenters. The van der Waals surface area contributed by atoms with E-state index in [2.05, 4.69) is 5.32 Å². The zero-order valence-electron chi connectivity index (χ0n) is 25.1. The summed E-state index contributed by atoms with van der Waals surface area (Å²) >= 11 is 15.9. The second kappa shape index (κ2) is 15.1. The van der Waals surface area contributed by atoms with Gasteiger partial charge in [-0.05, 0) is 38.1 Å². The van der Waals surface area contributed by atoms with Crippen LogP contribution in [-0.4, -0.2) is 84.7 Å². The largest absolute Gasteiger partial charge is 0.465 e. The third-order valence-corrected chi connectivity index (χ3v) is 7.55. The van der Waals surface area contributed by atoms with Crippen molar-refractivity contribution in [3.63, 3.8) is 0 Å². The van der Waals surface area contributed by atoms with Gasteiger partial charge in [-0.3, -0.25) is 4.79 Å². The van der Waals surface area contributed by atoms with E-state index in [9.17, 15) is 9.59 Å². The van der Waals surface area contributed by atoms with Crippen LogP contribution in [0.15, 0.2) is 48.5 Å². The number of rotatable bonds is 9. The fourth-order valence-corrected chi connectivity index (χ4v) is 5.41. The molecule has 2 aromatic rings. The van der Waals surface area contributed by atoms with Gasteiger partial charge in [0.05, 0.1) is 19.6 Å². The molecular formula is C30H33NO11S3. The Bertz CT molecular complexity index is 1400. The molecule has 2 aromatic carbocycles. The quantitative estimate of drug-likeness (QED) is 0.306. The Hall–Kier alpha value is -3.63. The lowest BCUT2D eigenvalue weighted by Gasteiger charge is -2.47. The molecule has 1 amide bonds. The summed E-state index contributed by atoms with van der Waals surface area (Å²) in [5, 5.41) is 2.08. The number of hydrogen-bond acceptors (Lipinski definition) is 14. The first kappa shape index (κ1) is 34.2. The topological polar surface area (TPSA) is 129 Å². The first-order valence-corrected chi connectivity index (χ1v) is 15.0. The number of hydrogen-bond donors (Lipinski definition) is 1. The Morgan fingerprint density at radius 3 is 2.02 bits per heavy atom. The zero-order valence-corrected chi connectivity index (χ0v) is 27.6. The Balaban J connectivity index is 1.70. The maximum absolute atomic E-state index is 13.2. The summed E-state index contributed by atoms with van der Waals surface area (Å²) in [4.78, 5) is 25.7. The number of esters is 1. The molecule has 2 aliphatic rings. The van der Waals surface area contributed by atoms with Gasteiger partial charge in [0, 0.05) is 50.7 Å².